The summed E-state index contributed by atoms with van der Waals surface area (Å²) in [6, 6.07) is 20.1. The molecule has 3 aromatic carbocycles. The number of ether oxygens (including phenoxy) is 3. The van der Waals surface area contributed by atoms with Crippen molar-refractivity contribution in [3.63, 3.8) is 0 Å². The Balaban J connectivity index is 1.43. The van der Waals surface area contributed by atoms with Crippen LogP contribution in [0.25, 0.3) is 0 Å². The minimum absolute atomic E-state index is 0.0126. The van der Waals surface area contributed by atoms with Crippen molar-refractivity contribution in [1.29, 1.82) is 0 Å². The van der Waals surface area contributed by atoms with Crippen molar-refractivity contribution in [2.24, 2.45) is 0 Å². The minimum Gasteiger partial charge on any atom is -0.497 e. The van der Waals surface area contributed by atoms with Gasteiger partial charge >= 0.3 is 0 Å². The molecule has 0 radical (unpaired) electrons. The summed E-state index contributed by atoms with van der Waals surface area (Å²) in [4.78, 5) is 26.9. The van der Waals surface area contributed by atoms with E-state index in [0.29, 0.717) is 48.0 Å². The molecule has 7 nitrogen and oxygen atoms in total. The fourth-order valence-corrected chi connectivity index (χ4v) is 3.61. The van der Waals surface area contributed by atoms with Crippen molar-refractivity contribution in [2.75, 3.05) is 37.1 Å². The third-order valence-corrected chi connectivity index (χ3v) is 5.28. The van der Waals surface area contributed by atoms with Crippen LogP contribution in [0, 0.1) is 6.92 Å². The smallest absolute Gasteiger partial charge is 0.265 e. The molecule has 7 heteroatoms. The molecular formula is C26H26N2O5. The Morgan fingerprint density at radius 2 is 1.88 bits per heavy atom. The lowest BCUT2D eigenvalue weighted by atomic mass is 10.1. The first-order chi connectivity index (χ1) is 16.0. The van der Waals surface area contributed by atoms with Crippen LogP contribution < -0.4 is 24.4 Å². The summed E-state index contributed by atoms with van der Waals surface area (Å²) in [5, 5.41) is 2.88. The molecule has 0 aliphatic carbocycles. The van der Waals surface area contributed by atoms with Crippen LogP contribution >= 0.6 is 0 Å². The lowest BCUT2D eigenvalue weighted by Crippen LogP contribution is -2.39. The highest BCUT2D eigenvalue weighted by atomic mass is 16.5. The van der Waals surface area contributed by atoms with Gasteiger partial charge in [-0.3, -0.25) is 9.59 Å². The van der Waals surface area contributed by atoms with E-state index in [1.165, 1.54) is 0 Å². The van der Waals surface area contributed by atoms with Gasteiger partial charge in [0.05, 0.1) is 19.4 Å². The van der Waals surface area contributed by atoms with Crippen LogP contribution in [0.5, 0.6) is 17.2 Å². The molecule has 4 rings (SSSR count). The van der Waals surface area contributed by atoms with Crippen molar-refractivity contribution in [1.82, 2.24) is 0 Å². The van der Waals surface area contributed by atoms with E-state index in [0.717, 1.165) is 11.3 Å². The third kappa shape index (κ3) is 5.44. The molecule has 1 N–H and O–H groups in total. The molecule has 0 fully saturated rings. The van der Waals surface area contributed by atoms with E-state index in [1.807, 2.05) is 31.2 Å². The second kappa shape index (κ2) is 10.1. The molecular weight excluding hydrogens is 420 g/mol. The number of carbonyl (C=O) groups excluding carboxylic acids is 2. The Bertz CT molecular complexity index is 1160. The zero-order chi connectivity index (χ0) is 23.2. The van der Waals surface area contributed by atoms with E-state index >= 15 is 0 Å². The van der Waals surface area contributed by atoms with Crippen LogP contribution in [0.4, 0.5) is 11.4 Å². The third-order valence-electron chi connectivity index (χ3n) is 5.28. The Morgan fingerprint density at radius 3 is 2.70 bits per heavy atom. The van der Waals surface area contributed by atoms with E-state index in [2.05, 4.69) is 5.32 Å². The predicted molar refractivity (Wildman–Crippen MR) is 127 cm³/mol. The van der Waals surface area contributed by atoms with Crippen LogP contribution in [0.1, 0.15) is 22.3 Å². The fraction of sp³-hybridized carbons (Fsp3) is 0.231. The zero-order valence-electron chi connectivity index (χ0n) is 18.7. The summed E-state index contributed by atoms with van der Waals surface area (Å²) in [5.41, 5.74) is 2.81. The van der Waals surface area contributed by atoms with Gasteiger partial charge < -0.3 is 24.4 Å². The lowest BCUT2D eigenvalue weighted by molar-refractivity contribution is -0.121. The molecule has 1 heterocycles. The number of benzene rings is 3. The molecule has 0 spiro atoms. The van der Waals surface area contributed by atoms with Gasteiger partial charge in [-0.1, -0.05) is 18.2 Å². The number of aryl methyl sites for hydroxylation is 1. The first-order valence-electron chi connectivity index (χ1n) is 10.8. The first kappa shape index (κ1) is 22.2. The number of nitrogens with zero attached hydrogens (tertiary/aromatic N) is 1. The Hall–Kier alpha value is -4.00. The van der Waals surface area contributed by atoms with Gasteiger partial charge in [0.15, 0.2) is 6.61 Å². The number of fused-ring (bicyclic) bond motifs is 1. The second-order valence-electron chi connectivity index (χ2n) is 7.72. The van der Waals surface area contributed by atoms with Gasteiger partial charge in [-0.05, 0) is 67.4 Å². The van der Waals surface area contributed by atoms with Crippen molar-refractivity contribution >= 4 is 23.2 Å². The maximum absolute atomic E-state index is 12.7. The maximum atomic E-state index is 12.7. The summed E-state index contributed by atoms with van der Waals surface area (Å²) in [5.74, 6) is 1.62. The molecule has 1 aliphatic heterocycles. The Kier molecular flexibility index (Phi) is 6.78. The normalized spacial score (nSPS) is 12.5. The molecule has 0 atom stereocenters. The van der Waals surface area contributed by atoms with Crippen molar-refractivity contribution < 1.29 is 23.8 Å². The van der Waals surface area contributed by atoms with Crippen LogP contribution in [0.15, 0.2) is 66.7 Å². The van der Waals surface area contributed by atoms with Crippen molar-refractivity contribution in [3.8, 4) is 17.2 Å². The Morgan fingerprint density at radius 1 is 1.06 bits per heavy atom. The SMILES string of the molecule is COc1cccc(C(=O)Nc2ccc3c(c2)N(CCCOc2cccc(C)c2)C(=O)CO3)c1. The number of anilines is 2. The quantitative estimate of drug-likeness (QED) is 0.518. The molecule has 0 bridgehead atoms. The molecule has 0 saturated heterocycles. The van der Waals surface area contributed by atoms with Crippen LogP contribution in [-0.2, 0) is 4.79 Å². The highest BCUT2D eigenvalue weighted by molar-refractivity contribution is 6.05. The van der Waals surface area contributed by atoms with Gasteiger partial charge in [-0.25, -0.2) is 0 Å². The van der Waals surface area contributed by atoms with Crippen molar-refractivity contribution in [3.05, 3.63) is 77.9 Å². The summed E-state index contributed by atoms with van der Waals surface area (Å²) in [6.07, 6.45) is 0.652. The molecule has 3 aromatic rings. The number of methoxy groups -OCH3 is 1. The topological polar surface area (TPSA) is 77.1 Å². The molecule has 0 unspecified atom stereocenters. The number of carbonyl (C=O) groups is 2. The van der Waals surface area contributed by atoms with Gasteiger partial charge in [-0.15, -0.1) is 0 Å². The zero-order valence-corrected chi connectivity index (χ0v) is 18.7. The standard InChI is InChI=1S/C26H26N2O5/c1-18-6-3-9-22(14-18)32-13-5-12-28-23-16-20(10-11-24(23)33-17-25(28)29)27-26(30)19-7-4-8-21(15-19)31-2/h3-4,6-11,14-16H,5,12-13,17H2,1-2H3,(H,27,30). The number of nitrogens with one attached hydrogen (secondary N) is 1. The molecule has 1 aliphatic rings. The Labute approximate surface area is 192 Å². The monoisotopic (exact) mass is 446 g/mol. The number of amides is 2. The van der Waals surface area contributed by atoms with Crippen LogP contribution in [0.3, 0.4) is 0 Å². The van der Waals surface area contributed by atoms with E-state index in [-0.39, 0.29) is 18.4 Å². The van der Waals surface area contributed by atoms with E-state index < -0.39 is 0 Å². The van der Waals surface area contributed by atoms with E-state index in [1.54, 1.807) is 54.5 Å². The number of hydrogen-bond acceptors (Lipinski definition) is 5. The summed E-state index contributed by atoms with van der Waals surface area (Å²) >= 11 is 0. The number of hydrogen-bond donors (Lipinski definition) is 1. The first-order valence-corrected chi connectivity index (χ1v) is 10.8. The van der Waals surface area contributed by atoms with Gasteiger partial charge in [0.25, 0.3) is 11.8 Å². The van der Waals surface area contributed by atoms with Crippen LogP contribution in [0.2, 0.25) is 0 Å². The highest BCUT2D eigenvalue weighted by Crippen LogP contribution is 2.35. The minimum atomic E-state index is -0.269. The van der Waals surface area contributed by atoms with Crippen LogP contribution in [-0.4, -0.2) is 38.7 Å². The van der Waals surface area contributed by atoms with E-state index in [9.17, 15) is 9.59 Å². The molecule has 0 saturated carbocycles. The summed E-state index contributed by atoms with van der Waals surface area (Å²) in [7, 11) is 1.55. The van der Waals surface area contributed by atoms with E-state index in [4.69, 9.17) is 14.2 Å². The van der Waals surface area contributed by atoms with Gasteiger partial charge in [0, 0.05) is 17.8 Å². The maximum Gasteiger partial charge on any atom is 0.265 e. The summed E-state index contributed by atoms with van der Waals surface area (Å²) < 4.78 is 16.6. The highest BCUT2D eigenvalue weighted by Gasteiger charge is 2.25. The van der Waals surface area contributed by atoms with Gasteiger partial charge in [-0.2, -0.15) is 0 Å². The second-order valence-corrected chi connectivity index (χ2v) is 7.72. The molecule has 170 valence electrons. The van der Waals surface area contributed by atoms with Gasteiger partial charge in [0.2, 0.25) is 0 Å². The predicted octanol–water partition coefficient (Wildman–Crippen LogP) is 4.45. The summed E-state index contributed by atoms with van der Waals surface area (Å²) in [6.45, 7) is 2.96. The average Bonchev–Trinajstić information content (AvgIpc) is 2.83. The average molecular weight is 447 g/mol. The molecule has 2 amide bonds. The van der Waals surface area contributed by atoms with Crippen molar-refractivity contribution in [2.45, 2.75) is 13.3 Å². The lowest BCUT2D eigenvalue weighted by Gasteiger charge is -2.30. The molecule has 0 aromatic heterocycles. The largest absolute Gasteiger partial charge is 0.497 e. The molecule has 33 heavy (non-hydrogen) atoms. The number of rotatable bonds is 8. The fourth-order valence-electron chi connectivity index (χ4n) is 3.61. The van der Waals surface area contributed by atoms with Gasteiger partial charge in [0.1, 0.15) is 17.2 Å².